The molecule has 0 amide bonds. The minimum Gasteiger partial charge on any atom is -0.478 e. The second kappa shape index (κ2) is 5.79. The third-order valence-corrected chi connectivity index (χ3v) is 2.20. The molecule has 2 heteroatoms. The van der Waals surface area contributed by atoms with E-state index in [1.165, 1.54) is 6.08 Å². The Morgan fingerprint density at radius 3 is 2.23 bits per heavy atom. The van der Waals surface area contributed by atoms with Crippen molar-refractivity contribution in [2.45, 2.75) is 40.5 Å². The summed E-state index contributed by atoms with van der Waals surface area (Å²) in [5.41, 5.74) is 1.06. The lowest BCUT2D eigenvalue weighted by Gasteiger charge is -2.15. The van der Waals surface area contributed by atoms with Crippen molar-refractivity contribution >= 4 is 5.97 Å². The van der Waals surface area contributed by atoms with Crippen molar-refractivity contribution in [1.82, 2.24) is 0 Å². The number of allylic oxidation sites excluding steroid dienone is 1. The molecule has 2 nitrogen and oxygen atoms in total. The lowest BCUT2D eigenvalue weighted by molar-refractivity contribution is -0.131. The second-order valence-corrected chi connectivity index (χ2v) is 3.96. The number of hydrogen-bond acceptors (Lipinski definition) is 1. The molecule has 0 saturated carbocycles. The molecule has 0 aliphatic rings. The zero-order valence-corrected chi connectivity index (χ0v) is 9.00. The Hall–Kier alpha value is -0.790. The molecule has 0 aromatic heterocycles. The van der Waals surface area contributed by atoms with E-state index in [4.69, 9.17) is 5.11 Å². The minimum atomic E-state index is -0.823. The molecule has 1 atom stereocenters. The van der Waals surface area contributed by atoms with Crippen molar-refractivity contribution in [3.63, 3.8) is 0 Å². The first-order valence-electron chi connectivity index (χ1n) is 4.90. The Kier molecular flexibility index (Phi) is 5.44. The van der Waals surface area contributed by atoms with Crippen LogP contribution in [0.4, 0.5) is 0 Å². The molecule has 0 aliphatic heterocycles. The van der Waals surface area contributed by atoms with Gasteiger partial charge in [0.15, 0.2) is 0 Å². The molecule has 0 spiro atoms. The first-order valence-corrected chi connectivity index (χ1v) is 4.90. The SMILES string of the molecule is CCC(C)C(=CC(=O)O)CC(C)C. The predicted octanol–water partition coefficient (Wildman–Crippen LogP) is 3.09. The average Bonchev–Trinajstić information content (AvgIpc) is 2.00. The summed E-state index contributed by atoms with van der Waals surface area (Å²) < 4.78 is 0. The fourth-order valence-electron chi connectivity index (χ4n) is 1.29. The summed E-state index contributed by atoms with van der Waals surface area (Å²) in [7, 11) is 0. The molecule has 0 aromatic rings. The number of carbonyl (C=O) groups is 1. The zero-order valence-electron chi connectivity index (χ0n) is 9.00. The average molecular weight is 184 g/mol. The number of carboxylic acids is 1. The Balaban J connectivity index is 4.45. The van der Waals surface area contributed by atoms with E-state index in [1.54, 1.807) is 0 Å². The number of carboxylic acid groups (broad SMARTS) is 1. The van der Waals surface area contributed by atoms with E-state index in [2.05, 4.69) is 27.7 Å². The molecule has 13 heavy (non-hydrogen) atoms. The highest BCUT2D eigenvalue weighted by Gasteiger charge is 2.10. The lowest BCUT2D eigenvalue weighted by Crippen LogP contribution is -2.04. The molecule has 76 valence electrons. The molecule has 0 saturated heterocycles. The maximum absolute atomic E-state index is 10.5. The summed E-state index contributed by atoms with van der Waals surface area (Å²) in [5.74, 6) is 0.0917. The maximum Gasteiger partial charge on any atom is 0.328 e. The van der Waals surface area contributed by atoms with Gasteiger partial charge < -0.3 is 5.11 Å². The minimum absolute atomic E-state index is 0.387. The van der Waals surface area contributed by atoms with Gasteiger partial charge in [-0.2, -0.15) is 0 Å². The number of aliphatic carboxylic acids is 1. The third-order valence-electron chi connectivity index (χ3n) is 2.20. The standard InChI is InChI=1S/C11H20O2/c1-5-9(4)10(6-8(2)3)7-11(12)13/h7-9H,5-6H2,1-4H3,(H,12,13). The monoisotopic (exact) mass is 184 g/mol. The normalized spacial score (nSPS) is 14.7. The number of rotatable bonds is 5. The molecular formula is C11H20O2. The molecule has 0 fully saturated rings. The molecule has 1 unspecified atom stereocenters. The van der Waals surface area contributed by atoms with Gasteiger partial charge >= 0.3 is 5.97 Å². The van der Waals surface area contributed by atoms with E-state index in [9.17, 15) is 4.79 Å². The Morgan fingerprint density at radius 1 is 1.38 bits per heavy atom. The van der Waals surface area contributed by atoms with E-state index >= 15 is 0 Å². The fourth-order valence-corrected chi connectivity index (χ4v) is 1.29. The van der Waals surface area contributed by atoms with Gasteiger partial charge in [0.25, 0.3) is 0 Å². The third kappa shape index (κ3) is 5.45. The van der Waals surface area contributed by atoms with Crippen molar-refractivity contribution in [2.24, 2.45) is 11.8 Å². The van der Waals surface area contributed by atoms with Gasteiger partial charge in [-0.05, 0) is 24.7 Å². The van der Waals surface area contributed by atoms with Crippen molar-refractivity contribution < 1.29 is 9.90 Å². The molecule has 0 rings (SSSR count). The predicted molar refractivity (Wildman–Crippen MR) is 54.6 cm³/mol. The molecule has 0 bridgehead atoms. The van der Waals surface area contributed by atoms with Gasteiger partial charge in [-0.1, -0.05) is 33.3 Å². The molecule has 0 radical (unpaired) electrons. The van der Waals surface area contributed by atoms with Crippen LogP contribution in [0.1, 0.15) is 40.5 Å². The lowest BCUT2D eigenvalue weighted by atomic mass is 9.91. The van der Waals surface area contributed by atoms with Gasteiger partial charge in [-0.25, -0.2) is 4.79 Å². The van der Waals surface area contributed by atoms with E-state index in [1.807, 2.05) is 0 Å². The van der Waals surface area contributed by atoms with Crippen LogP contribution in [0.5, 0.6) is 0 Å². The largest absolute Gasteiger partial charge is 0.478 e. The quantitative estimate of drug-likeness (QED) is 0.667. The van der Waals surface area contributed by atoms with Crippen LogP contribution in [0.25, 0.3) is 0 Å². The van der Waals surface area contributed by atoms with Crippen LogP contribution in [0.3, 0.4) is 0 Å². The summed E-state index contributed by atoms with van der Waals surface area (Å²) in [6, 6.07) is 0. The second-order valence-electron chi connectivity index (χ2n) is 3.96. The van der Waals surface area contributed by atoms with Gasteiger partial charge in [0.1, 0.15) is 0 Å². The van der Waals surface area contributed by atoms with Crippen molar-refractivity contribution in [1.29, 1.82) is 0 Å². The first kappa shape index (κ1) is 12.2. The number of hydrogen-bond donors (Lipinski definition) is 1. The van der Waals surface area contributed by atoms with E-state index in [-0.39, 0.29) is 0 Å². The van der Waals surface area contributed by atoms with Crippen LogP contribution in [-0.2, 0) is 4.79 Å². The highest BCUT2D eigenvalue weighted by Crippen LogP contribution is 2.21. The van der Waals surface area contributed by atoms with Crippen molar-refractivity contribution in [3.8, 4) is 0 Å². The summed E-state index contributed by atoms with van der Waals surface area (Å²) in [5, 5.41) is 8.66. The summed E-state index contributed by atoms with van der Waals surface area (Å²) >= 11 is 0. The van der Waals surface area contributed by atoms with Crippen LogP contribution in [0.15, 0.2) is 11.6 Å². The van der Waals surface area contributed by atoms with Crippen molar-refractivity contribution in [3.05, 3.63) is 11.6 Å². The Bertz CT molecular complexity index is 192. The molecule has 1 N–H and O–H groups in total. The zero-order chi connectivity index (χ0) is 10.4. The Morgan fingerprint density at radius 2 is 1.92 bits per heavy atom. The summed E-state index contributed by atoms with van der Waals surface area (Å²) in [6.45, 7) is 8.38. The van der Waals surface area contributed by atoms with Gasteiger partial charge in [-0.3, -0.25) is 0 Å². The topological polar surface area (TPSA) is 37.3 Å². The highest BCUT2D eigenvalue weighted by molar-refractivity contribution is 5.80. The Labute approximate surface area is 80.7 Å². The van der Waals surface area contributed by atoms with E-state index < -0.39 is 5.97 Å². The molecule has 0 aromatic carbocycles. The molecule has 0 heterocycles. The molecular weight excluding hydrogens is 164 g/mol. The van der Waals surface area contributed by atoms with Crippen LogP contribution in [-0.4, -0.2) is 11.1 Å². The van der Waals surface area contributed by atoms with Crippen LogP contribution >= 0.6 is 0 Å². The van der Waals surface area contributed by atoms with Gasteiger partial charge in [0, 0.05) is 6.08 Å². The van der Waals surface area contributed by atoms with Crippen LogP contribution in [0.2, 0.25) is 0 Å². The van der Waals surface area contributed by atoms with Gasteiger partial charge in [-0.15, -0.1) is 0 Å². The van der Waals surface area contributed by atoms with Gasteiger partial charge in [0.05, 0.1) is 0 Å². The van der Waals surface area contributed by atoms with E-state index in [0.717, 1.165) is 18.4 Å². The van der Waals surface area contributed by atoms with Crippen LogP contribution < -0.4 is 0 Å². The highest BCUT2D eigenvalue weighted by atomic mass is 16.4. The summed E-state index contributed by atoms with van der Waals surface area (Å²) in [6.07, 6.45) is 3.27. The van der Waals surface area contributed by atoms with Gasteiger partial charge in [0.2, 0.25) is 0 Å². The fraction of sp³-hybridized carbons (Fsp3) is 0.727. The smallest absolute Gasteiger partial charge is 0.328 e. The maximum atomic E-state index is 10.5. The first-order chi connectivity index (χ1) is 5.97. The van der Waals surface area contributed by atoms with Crippen LogP contribution in [0, 0.1) is 11.8 Å². The van der Waals surface area contributed by atoms with Crippen molar-refractivity contribution in [2.75, 3.05) is 0 Å². The molecule has 0 aliphatic carbocycles. The summed E-state index contributed by atoms with van der Waals surface area (Å²) in [4.78, 5) is 10.5. The van der Waals surface area contributed by atoms with E-state index in [0.29, 0.717) is 11.8 Å².